The minimum absolute atomic E-state index is 0.145. The number of nitrogens with zero attached hydrogens (tertiary/aromatic N) is 7. The molecule has 0 bridgehead atoms. The highest BCUT2D eigenvalue weighted by Crippen LogP contribution is 2.24. The first-order valence-corrected chi connectivity index (χ1v) is 11.0. The molecule has 0 aliphatic carbocycles. The fraction of sp³-hybridized carbons (Fsp3) is 0.318. The van der Waals surface area contributed by atoms with Crippen LogP contribution in [0.5, 0.6) is 0 Å². The molecule has 0 unspecified atom stereocenters. The van der Waals surface area contributed by atoms with Crippen molar-refractivity contribution in [3.05, 3.63) is 63.7 Å². The maximum absolute atomic E-state index is 13.2. The lowest BCUT2D eigenvalue weighted by Gasteiger charge is -2.09. The summed E-state index contributed by atoms with van der Waals surface area (Å²) < 4.78 is 5.47. The van der Waals surface area contributed by atoms with Gasteiger partial charge in [-0.1, -0.05) is 31.4 Å². The third-order valence-corrected chi connectivity index (χ3v) is 5.80. The lowest BCUT2D eigenvalue weighted by Crippen LogP contribution is -2.19. The van der Waals surface area contributed by atoms with Crippen molar-refractivity contribution in [2.24, 2.45) is 0 Å². The van der Waals surface area contributed by atoms with Crippen molar-refractivity contribution in [3.63, 3.8) is 0 Å². The number of fused-ring (bicyclic) bond motifs is 2. The molecule has 1 N–H and O–H groups in total. The van der Waals surface area contributed by atoms with Crippen LogP contribution in [0.4, 0.5) is 0 Å². The first-order valence-electron chi connectivity index (χ1n) is 10.6. The smallest absolute Gasteiger partial charge is 0.284 e. The van der Waals surface area contributed by atoms with Crippen molar-refractivity contribution in [2.75, 3.05) is 0 Å². The summed E-state index contributed by atoms with van der Waals surface area (Å²) in [6, 6.07) is 3.86. The zero-order chi connectivity index (χ0) is 22.2. The van der Waals surface area contributed by atoms with Crippen LogP contribution in [-0.2, 0) is 13.1 Å². The van der Waals surface area contributed by atoms with E-state index in [1.807, 2.05) is 23.0 Å². The Kier molecular flexibility index (Phi) is 5.26. The van der Waals surface area contributed by atoms with Gasteiger partial charge in [0.15, 0.2) is 0 Å². The van der Waals surface area contributed by atoms with Gasteiger partial charge in [0.25, 0.3) is 5.56 Å². The molecule has 32 heavy (non-hydrogen) atoms. The first kappa shape index (κ1) is 20.4. The number of halogens is 1. The predicted octanol–water partition coefficient (Wildman–Crippen LogP) is 3.83. The zero-order valence-corrected chi connectivity index (χ0v) is 18.7. The molecule has 5 rings (SSSR count). The summed E-state index contributed by atoms with van der Waals surface area (Å²) in [4.78, 5) is 20.6. The normalized spacial score (nSPS) is 11.7. The largest absolute Gasteiger partial charge is 0.349 e. The van der Waals surface area contributed by atoms with Gasteiger partial charge in [-0.3, -0.25) is 14.5 Å². The topological polar surface area (TPSA) is 98.7 Å². The van der Waals surface area contributed by atoms with E-state index in [0.717, 1.165) is 48.1 Å². The van der Waals surface area contributed by atoms with E-state index in [-0.39, 0.29) is 5.56 Å². The van der Waals surface area contributed by atoms with Crippen LogP contribution < -0.4 is 5.56 Å². The molecule has 0 saturated carbocycles. The maximum atomic E-state index is 13.2. The van der Waals surface area contributed by atoms with Crippen LogP contribution in [0, 0.1) is 6.92 Å². The Labute approximate surface area is 188 Å². The minimum Gasteiger partial charge on any atom is -0.349 e. The van der Waals surface area contributed by atoms with Crippen LogP contribution in [-0.4, -0.2) is 38.9 Å². The molecular weight excluding hydrogens is 428 g/mol. The Balaban J connectivity index is 1.56. The van der Waals surface area contributed by atoms with Crippen molar-refractivity contribution in [2.45, 2.75) is 46.2 Å². The molecule has 0 radical (unpaired) electrons. The van der Waals surface area contributed by atoms with E-state index in [2.05, 4.69) is 36.8 Å². The van der Waals surface area contributed by atoms with Gasteiger partial charge in [0.05, 0.1) is 29.0 Å². The Morgan fingerprint density at radius 1 is 1.12 bits per heavy atom. The monoisotopic (exact) mass is 450 g/mol. The predicted molar refractivity (Wildman–Crippen MR) is 123 cm³/mol. The molecular formula is C22H23ClN8O. The summed E-state index contributed by atoms with van der Waals surface area (Å²) in [5.41, 5.74) is 3.90. The van der Waals surface area contributed by atoms with Crippen LogP contribution in [0.3, 0.4) is 0 Å². The van der Waals surface area contributed by atoms with Gasteiger partial charge in [0, 0.05) is 30.7 Å². The van der Waals surface area contributed by atoms with E-state index < -0.39 is 0 Å². The number of rotatable bonds is 7. The van der Waals surface area contributed by atoms with Crippen LogP contribution in [0.15, 0.2) is 41.7 Å². The van der Waals surface area contributed by atoms with Crippen LogP contribution in [0.25, 0.3) is 28.1 Å². The third-order valence-electron chi connectivity index (χ3n) is 5.59. The van der Waals surface area contributed by atoms with Gasteiger partial charge in [-0.05, 0) is 31.0 Å². The number of hydrogen-bond acceptors (Lipinski definition) is 5. The summed E-state index contributed by atoms with van der Waals surface area (Å²) in [6.45, 7) is 5.28. The Bertz CT molecular complexity index is 1470. The summed E-state index contributed by atoms with van der Waals surface area (Å²) >= 11 is 6.04. The second-order valence-electron chi connectivity index (χ2n) is 7.93. The molecule has 0 aliphatic heterocycles. The maximum Gasteiger partial charge on any atom is 0.284 e. The van der Waals surface area contributed by atoms with Gasteiger partial charge in [-0.2, -0.15) is 5.10 Å². The second-order valence-corrected chi connectivity index (χ2v) is 8.36. The molecule has 0 spiro atoms. The lowest BCUT2D eigenvalue weighted by atomic mass is 10.2. The van der Waals surface area contributed by atoms with Crippen molar-refractivity contribution in [3.8, 4) is 11.3 Å². The third kappa shape index (κ3) is 3.58. The number of H-pyrrole nitrogens is 1. The highest BCUT2D eigenvalue weighted by atomic mass is 35.5. The SMILES string of the molecule is CCCCCn1c2cc(-c3cnn(Cc4cncc(Cl)c4)c3)[nH]c2c(=O)n2c(C)nnc12. The summed E-state index contributed by atoms with van der Waals surface area (Å²) in [5.74, 6) is 1.15. The molecule has 5 aromatic heterocycles. The lowest BCUT2D eigenvalue weighted by molar-refractivity contribution is 0.615. The molecule has 5 heterocycles. The minimum atomic E-state index is -0.145. The van der Waals surface area contributed by atoms with Gasteiger partial charge < -0.3 is 9.55 Å². The Hall–Kier alpha value is -3.46. The summed E-state index contributed by atoms with van der Waals surface area (Å²) in [7, 11) is 0. The van der Waals surface area contributed by atoms with Crippen LogP contribution in [0.1, 0.15) is 37.6 Å². The quantitative estimate of drug-likeness (QED) is 0.380. The van der Waals surface area contributed by atoms with Crippen molar-refractivity contribution in [1.29, 1.82) is 0 Å². The molecule has 0 atom stereocenters. The Morgan fingerprint density at radius 2 is 2.00 bits per heavy atom. The number of aryl methyl sites for hydroxylation is 2. The fourth-order valence-electron chi connectivity index (χ4n) is 4.02. The molecule has 10 heteroatoms. The molecule has 5 aromatic rings. The first-order chi connectivity index (χ1) is 15.5. The second kappa shape index (κ2) is 8.23. The van der Waals surface area contributed by atoms with Crippen LogP contribution >= 0.6 is 11.6 Å². The van der Waals surface area contributed by atoms with Crippen molar-refractivity contribution >= 4 is 28.4 Å². The van der Waals surface area contributed by atoms with Gasteiger partial charge >= 0.3 is 0 Å². The number of aromatic amines is 1. The van der Waals surface area contributed by atoms with E-state index in [9.17, 15) is 4.79 Å². The molecule has 0 fully saturated rings. The standard InChI is InChI=1S/C22H23ClN8O/c1-3-4-5-6-30-19-8-18(26-20(19)21(32)31-14(2)27-28-22(30)31)16-10-25-29(13-16)12-15-7-17(23)11-24-9-15/h7-11,13,26H,3-6,12H2,1-2H3. The molecule has 9 nitrogen and oxygen atoms in total. The van der Waals surface area contributed by atoms with E-state index in [4.69, 9.17) is 11.6 Å². The van der Waals surface area contributed by atoms with Crippen LogP contribution in [0.2, 0.25) is 5.02 Å². The van der Waals surface area contributed by atoms with E-state index >= 15 is 0 Å². The summed E-state index contributed by atoms with van der Waals surface area (Å²) in [6.07, 6.45) is 10.3. The summed E-state index contributed by atoms with van der Waals surface area (Å²) in [5, 5.41) is 13.5. The number of pyridine rings is 1. The van der Waals surface area contributed by atoms with E-state index in [1.165, 1.54) is 0 Å². The molecule has 0 saturated heterocycles. The number of nitrogens with one attached hydrogen (secondary N) is 1. The number of aromatic nitrogens is 8. The molecule has 0 amide bonds. The zero-order valence-electron chi connectivity index (χ0n) is 17.9. The van der Waals surface area contributed by atoms with Gasteiger partial charge in [-0.15, -0.1) is 10.2 Å². The number of hydrogen-bond donors (Lipinski definition) is 1. The highest BCUT2D eigenvalue weighted by molar-refractivity contribution is 6.30. The molecule has 0 aliphatic rings. The highest BCUT2D eigenvalue weighted by Gasteiger charge is 2.18. The van der Waals surface area contributed by atoms with Gasteiger partial charge in [-0.25, -0.2) is 4.40 Å². The van der Waals surface area contributed by atoms with Gasteiger partial charge in [0.1, 0.15) is 11.3 Å². The average molecular weight is 451 g/mol. The number of unbranched alkanes of at least 4 members (excludes halogenated alkanes) is 2. The van der Waals surface area contributed by atoms with E-state index in [1.54, 1.807) is 29.9 Å². The van der Waals surface area contributed by atoms with E-state index in [0.29, 0.717) is 28.7 Å². The van der Waals surface area contributed by atoms with Crippen molar-refractivity contribution in [1.82, 2.24) is 38.9 Å². The Morgan fingerprint density at radius 3 is 2.81 bits per heavy atom. The van der Waals surface area contributed by atoms with Gasteiger partial charge in [0.2, 0.25) is 5.78 Å². The van der Waals surface area contributed by atoms with Crippen molar-refractivity contribution < 1.29 is 0 Å². The molecule has 164 valence electrons. The average Bonchev–Trinajstić information content (AvgIpc) is 3.49. The molecule has 0 aromatic carbocycles. The fourth-order valence-corrected chi connectivity index (χ4v) is 4.21.